The summed E-state index contributed by atoms with van der Waals surface area (Å²) in [5.74, 6) is -0.529. The van der Waals surface area contributed by atoms with Gasteiger partial charge in [0.25, 0.3) is 0 Å². The van der Waals surface area contributed by atoms with Crippen molar-refractivity contribution in [3.63, 3.8) is 0 Å². The van der Waals surface area contributed by atoms with Crippen LogP contribution >= 0.6 is 0 Å². The van der Waals surface area contributed by atoms with E-state index in [1.165, 1.54) is 13.3 Å². The van der Waals surface area contributed by atoms with Crippen LogP contribution in [0.1, 0.15) is 27.9 Å². The zero-order valence-electron chi connectivity index (χ0n) is 12.9. The van der Waals surface area contributed by atoms with Crippen LogP contribution in [-0.2, 0) is 16.0 Å². The molecule has 0 spiro atoms. The number of hydrogen-bond donors (Lipinski definition) is 1. The number of nitrogens with zero attached hydrogens (tertiary/aromatic N) is 1. The standard InChI is InChI=1S/C18H18N2O3/c1-23-18(22)16-10-7-15(8-11-16)13-19-20-17(21)12-9-14-5-3-2-4-6-14/h2-8,10-11,13H,9,12H2,1H3,(H,20,21). The minimum atomic E-state index is -0.386. The first-order valence-electron chi connectivity index (χ1n) is 7.23. The second-order valence-electron chi connectivity index (χ2n) is 4.89. The summed E-state index contributed by atoms with van der Waals surface area (Å²) in [6.45, 7) is 0. The van der Waals surface area contributed by atoms with Gasteiger partial charge in [-0.1, -0.05) is 42.5 Å². The third kappa shape index (κ3) is 5.39. The lowest BCUT2D eigenvalue weighted by molar-refractivity contribution is -0.121. The molecule has 2 aromatic rings. The number of esters is 1. The average Bonchev–Trinajstić information content (AvgIpc) is 2.61. The number of hydrazone groups is 1. The van der Waals surface area contributed by atoms with Crippen molar-refractivity contribution in [2.24, 2.45) is 5.10 Å². The Kier molecular flexibility index (Phi) is 6.06. The van der Waals surface area contributed by atoms with Crippen LogP contribution in [-0.4, -0.2) is 25.2 Å². The van der Waals surface area contributed by atoms with E-state index in [2.05, 4.69) is 15.3 Å². The monoisotopic (exact) mass is 310 g/mol. The van der Waals surface area contributed by atoms with Crippen LogP contribution in [0.4, 0.5) is 0 Å². The molecule has 118 valence electrons. The highest BCUT2D eigenvalue weighted by molar-refractivity contribution is 5.90. The van der Waals surface area contributed by atoms with Gasteiger partial charge in [-0.25, -0.2) is 10.2 Å². The second kappa shape index (κ2) is 8.48. The molecule has 0 bridgehead atoms. The Bertz CT molecular complexity index is 679. The number of hydrogen-bond acceptors (Lipinski definition) is 4. The van der Waals surface area contributed by atoms with E-state index in [1.54, 1.807) is 24.3 Å². The highest BCUT2D eigenvalue weighted by atomic mass is 16.5. The third-order valence-corrected chi connectivity index (χ3v) is 3.22. The normalized spacial score (nSPS) is 10.5. The molecule has 2 aromatic carbocycles. The Balaban J connectivity index is 1.79. The fourth-order valence-corrected chi connectivity index (χ4v) is 1.96. The van der Waals surface area contributed by atoms with E-state index in [1.807, 2.05) is 30.3 Å². The lowest BCUT2D eigenvalue weighted by Crippen LogP contribution is -2.17. The Morgan fingerprint density at radius 2 is 1.78 bits per heavy atom. The predicted molar refractivity (Wildman–Crippen MR) is 88.3 cm³/mol. The van der Waals surface area contributed by atoms with Gasteiger partial charge in [-0.15, -0.1) is 0 Å². The maximum absolute atomic E-state index is 11.7. The molecule has 0 heterocycles. The molecule has 0 atom stereocenters. The molecule has 2 rings (SSSR count). The van der Waals surface area contributed by atoms with Crippen LogP contribution in [0.2, 0.25) is 0 Å². The molecule has 0 aromatic heterocycles. The molecule has 0 radical (unpaired) electrons. The van der Waals surface area contributed by atoms with Gasteiger partial charge in [-0.2, -0.15) is 5.10 Å². The van der Waals surface area contributed by atoms with E-state index in [4.69, 9.17) is 0 Å². The lowest BCUT2D eigenvalue weighted by Gasteiger charge is -2.01. The molecule has 1 amide bonds. The number of carbonyl (C=O) groups excluding carboxylic acids is 2. The summed E-state index contributed by atoms with van der Waals surface area (Å²) in [7, 11) is 1.34. The maximum Gasteiger partial charge on any atom is 0.337 e. The van der Waals surface area contributed by atoms with Crippen molar-refractivity contribution in [1.82, 2.24) is 5.43 Å². The summed E-state index contributed by atoms with van der Waals surface area (Å²) in [4.78, 5) is 23.0. The van der Waals surface area contributed by atoms with Crippen molar-refractivity contribution in [3.05, 3.63) is 71.3 Å². The molecule has 0 unspecified atom stereocenters. The van der Waals surface area contributed by atoms with Gasteiger partial charge in [0.05, 0.1) is 18.9 Å². The van der Waals surface area contributed by atoms with Gasteiger partial charge in [0.15, 0.2) is 0 Å². The third-order valence-electron chi connectivity index (χ3n) is 3.22. The van der Waals surface area contributed by atoms with E-state index in [9.17, 15) is 9.59 Å². The van der Waals surface area contributed by atoms with Crippen LogP contribution in [0, 0.1) is 0 Å². The van der Waals surface area contributed by atoms with E-state index >= 15 is 0 Å². The Hall–Kier alpha value is -2.95. The summed E-state index contributed by atoms with van der Waals surface area (Å²) in [6.07, 6.45) is 2.58. The number of amides is 1. The molecule has 5 heteroatoms. The molecule has 0 aliphatic heterocycles. The lowest BCUT2D eigenvalue weighted by atomic mass is 10.1. The van der Waals surface area contributed by atoms with Gasteiger partial charge in [0, 0.05) is 6.42 Å². The number of benzene rings is 2. The largest absolute Gasteiger partial charge is 0.465 e. The van der Waals surface area contributed by atoms with Gasteiger partial charge in [0.1, 0.15) is 0 Å². The van der Waals surface area contributed by atoms with E-state index < -0.39 is 0 Å². The SMILES string of the molecule is COC(=O)c1ccc(C=NNC(=O)CCc2ccccc2)cc1. The van der Waals surface area contributed by atoms with Crippen molar-refractivity contribution in [2.45, 2.75) is 12.8 Å². The molecule has 0 saturated heterocycles. The Morgan fingerprint density at radius 3 is 2.43 bits per heavy atom. The van der Waals surface area contributed by atoms with Gasteiger partial charge in [0.2, 0.25) is 5.91 Å². The van der Waals surface area contributed by atoms with Crippen molar-refractivity contribution in [2.75, 3.05) is 7.11 Å². The van der Waals surface area contributed by atoms with Crippen molar-refractivity contribution in [1.29, 1.82) is 0 Å². The fraction of sp³-hybridized carbons (Fsp3) is 0.167. The molecule has 0 saturated carbocycles. The Labute approximate surface area is 135 Å². The number of aryl methyl sites for hydroxylation is 1. The van der Waals surface area contributed by atoms with Crippen LogP contribution < -0.4 is 5.43 Å². The first-order chi connectivity index (χ1) is 11.2. The number of ether oxygens (including phenoxy) is 1. The number of methoxy groups -OCH3 is 1. The molecule has 0 aliphatic carbocycles. The summed E-state index contributed by atoms with van der Waals surface area (Å²) >= 11 is 0. The van der Waals surface area contributed by atoms with Crippen LogP contribution in [0.3, 0.4) is 0 Å². The smallest absolute Gasteiger partial charge is 0.337 e. The number of rotatable bonds is 6. The minimum Gasteiger partial charge on any atom is -0.465 e. The summed E-state index contributed by atoms with van der Waals surface area (Å²) in [5.41, 5.74) is 4.85. The summed E-state index contributed by atoms with van der Waals surface area (Å²) in [5, 5.41) is 3.91. The summed E-state index contributed by atoms with van der Waals surface area (Å²) < 4.78 is 4.62. The zero-order chi connectivity index (χ0) is 16.5. The number of nitrogens with one attached hydrogen (secondary N) is 1. The second-order valence-corrected chi connectivity index (χ2v) is 4.89. The highest BCUT2D eigenvalue weighted by Gasteiger charge is 2.03. The molecule has 23 heavy (non-hydrogen) atoms. The molecule has 0 aliphatic rings. The van der Waals surface area contributed by atoms with Crippen molar-refractivity contribution >= 4 is 18.1 Å². The molecular formula is C18H18N2O3. The van der Waals surface area contributed by atoms with Gasteiger partial charge in [-0.3, -0.25) is 4.79 Å². The first kappa shape index (κ1) is 16.4. The highest BCUT2D eigenvalue weighted by Crippen LogP contribution is 2.04. The van der Waals surface area contributed by atoms with Crippen molar-refractivity contribution < 1.29 is 14.3 Å². The topological polar surface area (TPSA) is 67.8 Å². The average molecular weight is 310 g/mol. The quantitative estimate of drug-likeness (QED) is 0.506. The van der Waals surface area contributed by atoms with E-state index in [0.29, 0.717) is 18.4 Å². The van der Waals surface area contributed by atoms with Crippen LogP contribution in [0.5, 0.6) is 0 Å². The van der Waals surface area contributed by atoms with Gasteiger partial charge in [-0.05, 0) is 29.7 Å². The summed E-state index contributed by atoms with van der Waals surface area (Å²) in [6, 6.07) is 16.6. The van der Waals surface area contributed by atoms with Crippen molar-refractivity contribution in [3.8, 4) is 0 Å². The molecule has 0 fully saturated rings. The molecule has 5 nitrogen and oxygen atoms in total. The molecular weight excluding hydrogens is 292 g/mol. The number of carbonyl (C=O) groups is 2. The minimum absolute atomic E-state index is 0.142. The maximum atomic E-state index is 11.7. The van der Waals surface area contributed by atoms with Crippen LogP contribution in [0.15, 0.2) is 59.7 Å². The van der Waals surface area contributed by atoms with Gasteiger partial charge >= 0.3 is 5.97 Å². The van der Waals surface area contributed by atoms with Gasteiger partial charge < -0.3 is 4.74 Å². The molecule has 1 N–H and O–H groups in total. The predicted octanol–water partition coefficient (Wildman–Crippen LogP) is 2.56. The Morgan fingerprint density at radius 1 is 1.09 bits per heavy atom. The fourth-order valence-electron chi connectivity index (χ4n) is 1.96. The first-order valence-corrected chi connectivity index (χ1v) is 7.23. The van der Waals surface area contributed by atoms with Crippen LogP contribution in [0.25, 0.3) is 0 Å². The van der Waals surface area contributed by atoms with E-state index in [-0.39, 0.29) is 11.9 Å². The zero-order valence-corrected chi connectivity index (χ0v) is 12.9. The van der Waals surface area contributed by atoms with E-state index in [0.717, 1.165) is 11.1 Å².